The molecule has 152 valence electrons. The Labute approximate surface area is 155 Å². The molecule has 1 aromatic rings. The minimum absolute atomic E-state index is 0.0287. The quantitative estimate of drug-likeness (QED) is 0.851. The highest BCUT2D eigenvalue weighted by molar-refractivity contribution is 5.73. The van der Waals surface area contributed by atoms with Gasteiger partial charge < -0.3 is 19.3 Å². The molecule has 0 aromatic heterocycles. The molecular formula is C18H24F3NO5. The number of halogens is 3. The Morgan fingerprint density at radius 3 is 2.52 bits per heavy atom. The number of carboxylic acid groups (broad SMARTS) is 1. The number of para-hydroxylation sites is 1. The third-order valence-electron chi connectivity index (χ3n) is 4.63. The molecular weight excluding hydrogens is 367 g/mol. The lowest BCUT2D eigenvalue weighted by Gasteiger charge is -2.53. The van der Waals surface area contributed by atoms with E-state index >= 15 is 0 Å². The maximum absolute atomic E-state index is 10.6. The fraction of sp³-hybridized carbons (Fsp3) is 0.611. The Kier molecular flexibility index (Phi) is 7.07. The molecule has 6 nitrogen and oxygen atoms in total. The maximum Gasteiger partial charge on any atom is 0.490 e. The molecule has 27 heavy (non-hydrogen) atoms. The molecule has 1 N–H and O–H groups in total. The van der Waals surface area contributed by atoms with Gasteiger partial charge in [-0.3, -0.25) is 4.90 Å². The van der Waals surface area contributed by atoms with Crippen molar-refractivity contribution in [1.82, 2.24) is 4.90 Å². The Bertz CT molecular complexity index is 632. The van der Waals surface area contributed by atoms with E-state index in [-0.39, 0.29) is 5.60 Å². The summed E-state index contributed by atoms with van der Waals surface area (Å²) in [5, 5.41) is 7.12. The van der Waals surface area contributed by atoms with E-state index in [0.717, 1.165) is 44.8 Å². The average Bonchev–Trinajstić information content (AvgIpc) is 2.60. The van der Waals surface area contributed by atoms with E-state index in [1.807, 2.05) is 12.1 Å². The molecule has 2 aliphatic heterocycles. The number of nitrogens with zero attached hydrogens (tertiary/aromatic N) is 1. The van der Waals surface area contributed by atoms with E-state index in [0.29, 0.717) is 6.10 Å². The van der Waals surface area contributed by atoms with Crippen LogP contribution in [0.25, 0.3) is 0 Å². The molecule has 1 aromatic carbocycles. The number of likely N-dealkylation sites (tertiary alicyclic amines) is 1. The topological polar surface area (TPSA) is 68.2 Å². The fourth-order valence-corrected chi connectivity index (χ4v) is 3.36. The predicted octanol–water partition coefficient (Wildman–Crippen LogP) is 2.71. The molecule has 3 rings (SSSR count). The van der Waals surface area contributed by atoms with E-state index in [1.165, 1.54) is 5.56 Å². The van der Waals surface area contributed by atoms with Crippen molar-refractivity contribution >= 4 is 5.97 Å². The van der Waals surface area contributed by atoms with Crippen molar-refractivity contribution in [3.63, 3.8) is 0 Å². The lowest BCUT2D eigenvalue weighted by atomic mass is 9.84. The molecule has 1 atom stereocenters. The van der Waals surface area contributed by atoms with Gasteiger partial charge in [0.15, 0.2) is 0 Å². The number of carboxylic acids is 1. The molecule has 0 aliphatic carbocycles. The molecule has 1 unspecified atom stereocenters. The number of rotatable bonds is 4. The normalized spacial score (nSPS) is 21.7. The lowest BCUT2D eigenvalue weighted by Crippen LogP contribution is -2.65. The van der Waals surface area contributed by atoms with Crippen LogP contribution < -0.4 is 4.74 Å². The summed E-state index contributed by atoms with van der Waals surface area (Å²) in [4.78, 5) is 11.3. The van der Waals surface area contributed by atoms with Crippen LogP contribution in [0.1, 0.15) is 18.4 Å². The molecule has 0 amide bonds. The van der Waals surface area contributed by atoms with E-state index in [2.05, 4.69) is 17.0 Å². The van der Waals surface area contributed by atoms with E-state index in [9.17, 15) is 13.2 Å². The highest BCUT2D eigenvalue weighted by Crippen LogP contribution is 2.36. The number of ether oxygens (including phenoxy) is 3. The average molecular weight is 391 g/mol. The predicted molar refractivity (Wildman–Crippen MR) is 90.7 cm³/mol. The number of hydrogen-bond acceptors (Lipinski definition) is 5. The number of carbonyl (C=O) groups is 1. The van der Waals surface area contributed by atoms with Gasteiger partial charge in [0.2, 0.25) is 0 Å². The summed E-state index contributed by atoms with van der Waals surface area (Å²) in [6.07, 6.45) is -2.69. The Balaban J connectivity index is 0.000000321. The molecule has 2 heterocycles. The van der Waals surface area contributed by atoms with Crippen molar-refractivity contribution in [3.8, 4) is 5.75 Å². The number of methoxy groups -OCH3 is 2. The molecule has 2 saturated heterocycles. The van der Waals surface area contributed by atoms with Crippen LogP contribution in [0.3, 0.4) is 0 Å². The summed E-state index contributed by atoms with van der Waals surface area (Å²) in [6, 6.07) is 8.21. The highest BCUT2D eigenvalue weighted by atomic mass is 19.4. The molecule has 2 fully saturated rings. The Morgan fingerprint density at radius 2 is 1.96 bits per heavy atom. The van der Waals surface area contributed by atoms with Crippen LogP contribution >= 0.6 is 0 Å². The van der Waals surface area contributed by atoms with Crippen LogP contribution in [-0.2, 0) is 20.8 Å². The van der Waals surface area contributed by atoms with Gasteiger partial charge in [0.05, 0.1) is 18.8 Å². The summed E-state index contributed by atoms with van der Waals surface area (Å²) >= 11 is 0. The van der Waals surface area contributed by atoms with E-state index in [1.54, 1.807) is 14.2 Å². The third kappa shape index (κ3) is 5.82. The van der Waals surface area contributed by atoms with Gasteiger partial charge in [0.25, 0.3) is 0 Å². The van der Waals surface area contributed by atoms with E-state index in [4.69, 9.17) is 24.1 Å². The SMILES string of the molecule is COc1ccccc1CN1CC2(CC(OC)CCO2)C1.O=C(O)C(F)(F)F. The van der Waals surface area contributed by atoms with Gasteiger partial charge in [0.1, 0.15) is 5.75 Å². The second-order valence-corrected chi connectivity index (χ2v) is 6.64. The van der Waals surface area contributed by atoms with Crippen LogP contribution in [0.4, 0.5) is 13.2 Å². The number of benzene rings is 1. The van der Waals surface area contributed by atoms with Crippen molar-refractivity contribution in [3.05, 3.63) is 29.8 Å². The summed E-state index contributed by atoms with van der Waals surface area (Å²) in [6.45, 7) is 3.73. The molecule has 1 spiro atoms. The van der Waals surface area contributed by atoms with Crippen LogP contribution in [0, 0.1) is 0 Å². The summed E-state index contributed by atoms with van der Waals surface area (Å²) < 4.78 is 48.6. The standard InChI is InChI=1S/C16H23NO3.C2HF3O2/c1-18-14-7-8-20-16(9-14)11-17(12-16)10-13-5-3-4-6-15(13)19-2;3-2(4,5)1(6)7/h3-6,14H,7-12H2,1-2H3;(H,6,7). The van der Waals surface area contributed by atoms with Crippen LogP contribution in [0.5, 0.6) is 5.75 Å². The Hall–Kier alpha value is -1.84. The van der Waals surface area contributed by atoms with Gasteiger partial charge in [-0.2, -0.15) is 13.2 Å². The number of aliphatic carboxylic acids is 1. The Morgan fingerprint density at radius 1 is 1.33 bits per heavy atom. The maximum atomic E-state index is 10.6. The molecule has 0 radical (unpaired) electrons. The minimum Gasteiger partial charge on any atom is -0.496 e. The zero-order valence-corrected chi connectivity index (χ0v) is 15.3. The third-order valence-corrected chi connectivity index (χ3v) is 4.63. The van der Waals surface area contributed by atoms with Crippen molar-refractivity contribution < 1.29 is 37.3 Å². The highest BCUT2D eigenvalue weighted by Gasteiger charge is 2.47. The molecule has 2 aliphatic rings. The first-order valence-corrected chi connectivity index (χ1v) is 8.50. The van der Waals surface area contributed by atoms with Gasteiger partial charge in [-0.15, -0.1) is 0 Å². The van der Waals surface area contributed by atoms with Gasteiger partial charge >= 0.3 is 12.1 Å². The number of alkyl halides is 3. The van der Waals surface area contributed by atoms with Gasteiger partial charge in [-0.25, -0.2) is 4.79 Å². The second-order valence-electron chi connectivity index (χ2n) is 6.64. The van der Waals surface area contributed by atoms with Crippen LogP contribution in [-0.4, -0.2) is 67.8 Å². The first-order chi connectivity index (χ1) is 12.7. The first kappa shape index (κ1) is 21.5. The van der Waals surface area contributed by atoms with Crippen molar-refractivity contribution in [2.24, 2.45) is 0 Å². The monoisotopic (exact) mass is 391 g/mol. The number of hydrogen-bond donors (Lipinski definition) is 1. The van der Waals surface area contributed by atoms with Gasteiger partial charge in [0, 0.05) is 45.3 Å². The van der Waals surface area contributed by atoms with Crippen molar-refractivity contribution in [2.45, 2.75) is 37.3 Å². The molecule has 0 saturated carbocycles. The van der Waals surface area contributed by atoms with Crippen molar-refractivity contribution in [2.75, 3.05) is 33.9 Å². The smallest absolute Gasteiger partial charge is 0.490 e. The fourth-order valence-electron chi connectivity index (χ4n) is 3.36. The zero-order valence-electron chi connectivity index (χ0n) is 15.3. The molecule has 0 bridgehead atoms. The van der Waals surface area contributed by atoms with E-state index < -0.39 is 12.1 Å². The summed E-state index contributed by atoms with van der Waals surface area (Å²) in [7, 11) is 3.53. The lowest BCUT2D eigenvalue weighted by molar-refractivity contribution is -0.195. The largest absolute Gasteiger partial charge is 0.496 e. The second kappa shape index (κ2) is 8.90. The minimum atomic E-state index is -5.08. The van der Waals surface area contributed by atoms with Crippen LogP contribution in [0.2, 0.25) is 0 Å². The zero-order chi connectivity index (χ0) is 20.1. The van der Waals surface area contributed by atoms with Gasteiger partial charge in [-0.1, -0.05) is 18.2 Å². The van der Waals surface area contributed by atoms with Crippen molar-refractivity contribution in [1.29, 1.82) is 0 Å². The summed E-state index contributed by atoms with van der Waals surface area (Å²) in [5.74, 6) is -1.79. The first-order valence-electron chi connectivity index (χ1n) is 8.50. The van der Waals surface area contributed by atoms with Crippen LogP contribution in [0.15, 0.2) is 24.3 Å². The van der Waals surface area contributed by atoms with Gasteiger partial charge in [-0.05, 0) is 12.5 Å². The summed E-state index contributed by atoms with van der Waals surface area (Å²) in [5.41, 5.74) is 1.27. The molecule has 9 heteroatoms.